The molecule has 0 aliphatic heterocycles. The maximum atomic E-state index is 11.8. The van der Waals surface area contributed by atoms with E-state index in [1.165, 1.54) is 12.7 Å². The highest BCUT2D eigenvalue weighted by molar-refractivity contribution is 7.92. The van der Waals surface area contributed by atoms with Crippen molar-refractivity contribution < 1.29 is 8.42 Å². The van der Waals surface area contributed by atoms with E-state index in [0.717, 1.165) is 19.4 Å². The summed E-state index contributed by atoms with van der Waals surface area (Å²) in [5, 5.41) is 3.35. The molecule has 0 aromatic carbocycles. The minimum atomic E-state index is -3.01. The van der Waals surface area contributed by atoms with Crippen LogP contribution in [0.15, 0.2) is 0 Å². The molecule has 1 saturated carbocycles. The smallest absolute Gasteiger partial charge is 0.154 e. The SMILES string of the molecule is CCNC(C1CCC1)C(C)(C)S(C)(=O)=O. The fourth-order valence-electron chi connectivity index (χ4n) is 2.20. The second-order valence-corrected chi connectivity index (χ2v) is 7.70. The first-order chi connectivity index (χ1) is 6.80. The molecular formula is C11H23NO2S. The Kier molecular flexibility index (Phi) is 3.82. The summed E-state index contributed by atoms with van der Waals surface area (Å²) < 4.78 is 22.9. The molecule has 1 N–H and O–H groups in total. The zero-order valence-corrected chi connectivity index (χ0v) is 11.0. The summed E-state index contributed by atoms with van der Waals surface area (Å²) in [6, 6.07) is 0.103. The van der Waals surface area contributed by atoms with Crippen LogP contribution in [0, 0.1) is 5.92 Å². The summed E-state index contributed by atoms with van der Waals surface area (Å²) in [6.45, 7) is 6.55. The molecule has 0 aromatic heterocycles. The molecule has 0 amide bonds. The highest BCUT2D eigenvalue weighted by atomic mass is 32.2. The summed E-state index contributed by atoms with van der Waals surface area (Å²) in [5.41, 5.74) is 0. The maximum absolute atomic E-state index is 11.8. The van der Waals surface area contributed by atoms with E-state index in [-0.39, 0.29) is 6.04 Å². The standard InChI is InChI=1S/C11H23NO2S/c1-5-12-10(9-7-6-8-9)11(2,3)15(4,13)14/h9-10,12H,5-8H2,1-4H3. The van der Waals surface area contributed by atoms with E-state index in [1.807, 2.05) is 20.8 Å². The fraction of sp³-hybridized carbons (Fsp3) is 1.00. The van der Waals surface area contributed by atoms with Gasteiger partial charge in [0, 0.05) is 12.3 Å². The van der Waals surface area contributed by atoms with Gasteiger partial charge < -0.3 is 5.32 Å². The van der Waals surface area contributed by atoms with E-state index in [1.54, 1.807) is 0 Å². The van der Waals surface area contributed by atoms with Gasteiger partial charge in [0.15, 0.2) is 9.84 Å². The molecule has 1 atom stereocenters. The number of hydrogen-bond acceptors (Lipinski definition) is 3. The van der Waals surface area contributed by atoms with Gasteiger partial charge in [-0.3, -0.25) is 0 Å². The highest BCUT2D eigenvalue weighted by Gasteiger charge is 2.44. The number of rotatable bonds is 5. The predicted octanol–water partition coefficient (Wildman–Crippen LogP) is 1.59. The molecule has 1 aliphatic rings. The fourth-order valence-corrected chi connectivity index (χ4v) is 2.94. The largest absolute Gasteiger partial charge is 0.312 e. The first kappa shape index (κ1) is 13.0. The molecule has 0 heterocycles. The Hall–Kier alpha value is -0.0900. The van der Waals surface area contributed by atoms with Gasteiger partial charge in [-0.05, 0) is 39.2 Å². The molecule has 1 fully saturated rings. The third-order valence-corrected chi connectivity index (χ3v) is 5.92. The first-order valence-corrected chi connectivity index (χ1v) is 7.62. The molecule has 0 spiro atoms. The molecule has 0 aromatic rings. The lowest BCUT2D eigenvalue weighted by atomic mass is 9.75. The van der Waals surface area contributed by atoms with Crippen LogP contribution in [-0.4, -0.2) is 32.0 Å². The van der Waals surface area contributed by atoms with Crippen LogP contribution in [0.3, 0.4) is 0 Å². The van der Waals surface area contributed by atoms with Crippen LogP contribution in [0.4, 0.5) is 0 Å². The second kappa shape index (κ2) is 4.42. The topological polar surface area (TPSA) is 46.2 Å². The molecule has 1 aliphatic carbocycles. The maximum Gasteiger partial charge on any atom is 0.154 e. The molecule has 0 radical (unpaired) electrons. The predicted molar refractivity (Wildman–Crippen MR) is 63.7 cm³/mol. The molecule has 0 saturated heterocycles. The Labute approximate surface area is 93.6 Å². The quantitative estimate of drug-likeness (QED) is 0.784. The van der Waals surface area contributed by atoms with Crippen LogP contribution in [0.25, 0.3) is 0 Å². The molecular weight excluding hydrogens is 210 g/mol. The van der Waals surface area contributed by atoms with Gasteiger partial charge in [0.1, 0.15) is 0 Å². The normalized spacial score (nSPS) is 21.1. The van der Waals surface area contributed by atoms with Gasteiger partial charge in [0.25, 0.3) is 0 Å². The van der Waals surface area contributed by atoms with Crippen LogP contribution >= 0.6 is 0 Å². The van der Waals surface area contributed by atoms with Gasteiger partial charge in [0.05, 0.1) is 4.75 Å². The van der Waals surface area contributed by atoms with Crippen molar-refractivity contribution in [2.45, 2.75) is 50.8 Å². The van der Waals surface area contributed by atoms with E-state index in [9.17, 15) is 8.42 Å². The Morgan fingerprint density at radius 1 is 1.40 bits per heavy atom. The molecule has 15 heavy (non-hydrogen) atoms. The molecule has 90 valence electrons. The van der Waals surface area contributed by atoms with Crippen molar-refractivity contribution in [3.05, 3.63) is 0 Å². The summed E-state index contributed by atoms with van der Waals surface area (Å²) in [7, 11) is -3.01. The van der Waals surface area contributed by atoms with Crippen molar-refractivity contribution in [2.24, 2.45) is 5.92 Å². The van der Waals surface area contributed by atoms with Gasteiger partial charge >= 0.3 is 0 Å². The van der Waals surface area contributed by atoms with Crippen LogP contribution in [-0.2, 0) is 9.84 Å². The minimum absolute atomic E-state index is 0.103. The van der Waals surface area contributed by atoms with Gasteiger partial charge in [-0.25, -0.2) is 8.42 Å². The van der Waals surface area contributed by atoms with Gasteiger partial charge in [0.2, 0.25) is 0 Å². The molecule has 0 bridgehead atoms. The lowest BCUT2D eigenvalue weighted by molar-refractivity contribution is 0.199. The van der Waals surface area contributed by atoms with E-state index >= 15 is 0 Å². The zero-order valence-electron chi connectivity index (χ0n) is 10.2. The summed E-state index contributed by atoms with van der Waals surface area (Å²) in [4.78, 5) is 0. The molecule has 3 nitrogen and oxygen atoms in total. The summed E-state index contributed by atoms with van der Waals surface area (Å²) in [6.07, 6.45) is 4.91. The van der Waals surface area contributed by atoms with Crippen molar-refractivity contribution in [1.29, 1.82) is 0 Å². The van der Waals surface area contributed by atoms with Crippen molar-refractivity contribution in [1.82, 2.24) is 5.32 Å². The van der Waals surface area contributed by atoms with E-state index < -0.39 is 14.6 Å². The average molecular weight is 233 g/mol. The highest BCUT2D eigenvalue weighted by Crippen LogP contribution is 2.36. The van der Waals surface area contributed by atoms with Crippen LogP contribution in [0.2, 0.25) is 0 Å². The lowest BCUT2D eigenvalue weighted by Crippen LogP contribution is -2.56. The van der Waals surface area contributed by atoms with E-state index in [0.29, 0.717) is 5.92 Å². The second-order valence-electron chi connectivity index (χ2n) is 5.10. The summed E-state index contributed by atoms with van der Waals surface area (Å²) in [5.74, 6) is 0.537. The first-order valence-electron chi connectivity index (χ1n) is 5.73. The van der Waals surface area contributed by atoms with E-state index in [4.69, 9.17) is 0 Å². The monoisotopic (exact) mass is 233 g/mol. The Bertz CT molecular complexity index is 305. The van der Waals surface area contributed by atoms with Crippen molar-refractivity contribution in [2.75, 3.05) is 12.8 Å². The van der Waals surface area contributed by atoms with Crippen LogP contribution < -0.4 is 5.32 Å². The van der Waals surface area contributed by atoms with Crippen LogP contribution in [0.1, 0.15) is 40.0 Å². The third-order valence-electron chi connectivity index (χ3n) is 3.75. The summed E-state index contributed by atoms with van der Waals surface area (Å²) >= 11 is 0. The van der Waals surface area contributed by atoms with Crippen molar-refractivity contribution in [3.63, 3.8) is 0 Å². The average Bonchev–Trinajstić information content (AvgIpc) is 1.98. The number of sulfone groups is 1. The third kappa shape index (κ3) is 2.53. The minimum Gasteiger partial charge on any atom is -0.312 e. The number of nitrogens with one attached hydrogen (secondary N) is 1. The number of hydrogen-bond donors (Lipinski definition) is 1. The Morgan fingerprint density at radius 2 is 1.93 bits per heavy atom. The van der Waals surface area contributed by atoms with Crippen molar-refractivity contribution >= 4 is 9.84 Å². The van der Waals surface area contributed by atoms with Crippen LogP contribution in [0.5, 0.6) is 0 Å². The molecule has 4 heteroatoms. The Morgan fingerprint density at radius 3 is 2.20 bits per heavy atom. The molecule has 1 unspecified atom stereocenters. The Balaban J connectivity index is 2.87. The molecule has 1 rings (SSSR count). The lowest BCUT2D eigenvalue weighted by Gasteiger charge is -2.42. The van der Waals surface area contributed by atoms with Gasteiger partial charge in [-0.15, -0.1) is 0 Å². The van der Waals surface area contributed by atoms with E-state index in [2.05, 4.69) is 5.32 Å². The van der Waals surface area contributed by atoms with Crippen molar-refractivity contribution in [3.8, 4) is 0 Å². The van der Waals surface area contributed by atoms with Gasteiger partial charge in [-0.1, -0.05) is 13.3 Å². The zero-order chi connectivity index (χ0) is 11.7. The van der Waals surface area contributed by atoms with Gasteiger partial charge in [-0.2, -0.15) is 0 Å².